The van der Waals surface area contributed by atoms with Gasteiger partial charge in [-0.3, -0.25) is 4.79 Å². The lowest BCUT2D eigenvalue weighted by atomic mass is 9.91. The predicted molar refractivity (Wildman–Crippen MR) is 71.7 cm³/mol. The van der Waals surface area contributed by atoms with Gasteiger partial charge in [-0.15, -0.1) is 0 Å². The van der Waals surface area contributed by atoms with Crippen molar-refractivity contribution in [2.75, 3.05) is 33.4 Å². The Hall–Kier alpha value is -0.620. The Balaban J connectivity index is 2.53. The van der Waals surface area contributed by atoms with Crippen LogP contribution in [0.5, 0.6) is 0 Å². The third-order valence-corrected chi connectivity index (χ3v) is 5.47. The Labute approximate surface area is 110 Å². The Kier molecular flexibility index (Phi) is 5.59. The van der Waals surface area contributed by atoms with Crippen molar-refractivity contribution in [1.29, 1.82) is 0 Å². The lowest BCUT2D eigenvalue weighted by Gasteiger charge is -2.25. The molecule has 6 heteroatoms. The maximum absolute atomic E-state index is 12.1. The van der Waals surface area contributed by atoms with Crippen molar-refractivity contribution >= 4 is 15.9 Å². The smallest absolute Gasteiger partial charge is 0.237 e. The van der Waals surface area contributed by atoms with E-state index in [1.165, 1.54) is 22.7 Å². The second-order valence-corrected chi connectivity index (χ2v) is 7.45. The first-order valence-corrected chi connectivity index (χ1v) is 8.08. The summed E-state index contributed by atoms with van der Waals surface area (Å²) < 4.78 is 25.4. The average molecular weight is 276 g/mol. The summed E-state index contributed by atoms with van der Waals surface area (Å²) in [7, 11) is 1.44. The number of carbonyl (C=O) groups excluding carboxylic acids is 1. The fourth-order valence-corrected chi connectivity index (χ4v) is 3.70. The van der Waals surface area contributed by atoms with Crippen LogP contribution in [0.4, 0.5) is 0 Å². The topological polar surface area (TPSA) is 57.7 Å². The molecule has 1 aliphatic carbocycles. The van der Waals surface area contributed by atoms with Gasteiger partial charge in [0.2, 0.25) is 15.9 Å². The molecule has 1 saturated carbocycles. The van der Waals surface area contributed by atoms with E-state index in [4.69, 9.17) is 0 Å². The number of hydrogen-bond donors (Lipinski definition) is 0. The molecule has 0 radical (unpaired) electrons. The molecule has 0 aromatic carbocycles. The highest BCUT2D eigenvalue weighted by molar-refractivity contribution is 7.89. The number of carbonyl (C=O) groups is 1. The molecule has 0 saturated heterocycles. The summed E-state index contributed by atoms with van der Waals surface area (Å²) >= 11 is 0. The Morgan fingerprint density at radius 1 is 1.11 bits per heavy atom. The zero-order chi connectivity index (χ0) is 13.8. The lowest BCUT2D eigenvalue weighted by Crippen LogP contribution is -2.40. The lowest BCUT2D eigenvalue weighted by molar-refractivity contribution is -0.128. The highest BCUT2D eigenvalue weighted by Gasteiger charge is 2.26. The molecule has 0 atom stereocenters. The standard InChI is InChI=1S/C12H24N2O3S/c1-13(2)12(15)9-14(3)18(16,17)10-11-7-5-4-6-8-11/h11H,4-10H2,1-3H3. The molecule has 0 aromatic rings. The number of rotatable bonds is 5. The van der Waals surface area contributed by atoms with Gasteiger partial charge in [0.1, 0.15) is 0 Å². The van der Waals surface area contributed by atoms with Gasteiger partial charge in [0.25, 0.3) is 0 Å². The predicted octanol–water partition coefficient (Wildman–Crippen LogP) is 0.916. The molecule has 0 aromatic heterocycles. The zero-order valence-corrected chi connectivity index (χ0v) is 12.4. The van der Waals surface area contributed by atoms with Crippen molar-refractivity contribution < 1.29 is 13.2 Å². The van der Waals surface area contributed by atoms with Gasteiger partial charge in [-0.2, -0.15) is 4.31 Å². The first kappa shape index (κ1) is 15.4. The molecule has 0 aliphatic heterocycles. The van der Waals surface area contributed by atoms with Crippen molar-refractivity contribution in [2.45, 2.75) is 32.1 Å². The zero-order valence-electron chi connectivity index (χ0n) is 11.6. The van der Waals surface area contributed by atoms with Crippen LogP contribution >= 0.6 is 0 Å². The van der Waals surface area contributed by atoms with Gasteiger partial charge in [-0.25, -0.2) is 8.42 Å². The van der Waals surface area contributed by atoms with Crippen LogP contribution in [0.1, 0.15) is 32.1 Å². The van der Waals surface area contributed by atoms with Gasteiger partial charge < -0.3 is 4.90 Å². The molecular weight excluding hydrogens is 252 g/mol. The van der Waals surface area contributed by atoms with Gasteiger partial charge in [-0.1, -0.05) is 19.3 Å². The van der Waals surface area contributed by atoms with E-state index in [1.807, 2.05) is 0 Å². The van der Waals surface area contributed by atoms with Gasteiger partial charge >= 0.3 is 0 Å². The molecule has 1 rings (SSSR count). The molecule has 1 aliphatic rings. The maximum Gasteiger partial charge on any atom is 0.237 e. The summed E-state index contributed by atoms with van der Waals surface area (Å²) in [6, 6.07) is 0. The van der Waals surface area contributed by atoms with Crippen LogP contribution in [0.2, 0.25) is 0 Å². The summed E-state index contributed by atoms with van der Waals surface area (Å²) in [4.78, 5) is 12.9. The number of likely N-dealkylation sites (N-methyl/N-ethyl adjacent to an activating group) is 2. The van der Waals surface area contributed by atoms with Crippen LogP contribution in [0, 0.1) is 5.92 Å². The van der Waals surface area contributed by atoms with Crippen LogP contribution in [-0.2, 0) is 14.8 Å². The van der Waals surface area contributed by atoms with Gasteiger partial charge in [-0.05, 0) is 18.8 Å². The fraction of sp³-hybridized carbons (Fsp3) is 0.917. The average Bonchev–Trinajstić information content (AvgIpc) is 2.29. The van der Waals surface area contributed by atoms with Crippen molar-refractivity contribution in [1.82, 2.24) is 9.21 Å². The third kappa shape index (κ3) is 4.57. The van der Waals surface area contributed by atoms with E-state index in [9.17, 15) is 13.2 Å². The van der Waals surface area contributed by atoms with Crippen molar-refractivity contribution in [3.05, 3.63) is 0 Å². The summed E-state index contributed by atoms with van der Waals surface area (Å²) in [6.07, 6.45) is 5.45. The van der Waals surface area contributed by atoms with Crippen molar-refractivity contribution in [3.63, 3.8) is 0 Å². The van der Waals surface area contributed by atoms with Gasteiger partial charge in [0.15, 0.2) is 0 Å². The molecule has 0 unspecified atom stereocenters. The summed E-state index contributed by atoms with van der Waals surface area (Å²) in [5.74, 6) is 0.259. The minimum atomic E-state index is -3.30. The maximum atomic E-state index is 12.1. The largest absolute Gasteiger partial charge is 0.348 e. The molecule has 1 fully saturated rings. The minimum absolute atomic E-state index is 0.0674. The van der Waals surface area contributed by atoms with Crippen molar-refractivity contribution in [3.8, 4) is 0 Å². The first-order chi connectivity index (χ1) is 8.33. The summed E-state index contributed by atoms with van der Waals surface area (Å²) in [5.41, 5.74) is 0. The molecule has 5 nitrogen and oxygen atoms in total. The van der Waals surface area contributed by atoms with E-state index in [0.717, 1.165) is 25.7 Å². The van der Waals surface area contributed by atoms with Crippen LogP contribution in [0.15, 0.2) is 0 Å². The van der Waals surface area contributed by atoms with Crippen LogP contribution in [-0.4, -0.2) is 57.0 Å². The third-order valence-electron chi connectivity index (χ3n) is 3.50. The first-order valence-electron chi connectivity index (χ1n) is 6.47. The van der Waals surface area contributed by atoms with Gasteiger partial charge in [0, 0.05) is 21.1 Å². The van der Waals surface area contributed by atoms with E-state index in [0.29, 0.717) is 0 Å². The molecule has 0 heterocycles. The van der Waals surface area contributed by atoms with E-state index >= 15 is 0 Å². The Bertz CT molecular complexity index is 373. The fourth-order valence-electron chi connectivity index (χ4n) is 2.21. The number of sulfonamides is 1. The van der Waals surface area contributed by atoms with E-state index in [-0.39, 0.29) is 24.1 Å². The van der Waals surface area contributed by atoms with E-state index in [2.05, 4.69) is 0 Å². The molecule has 0 bridgehead atoms. The Morgan fingerprint density at radius 3 is 2.17 bits per heavy atom. The normalized spacial score (nSPS) is 18.0. The molecule has 106 valence electrons. The molecule has 18 heavy (non-hydrogen) atoms. The van der Waals surface area contributed by atoms with Crippen LogP contribution < -0.4 is 0 Å². The number of amides is 1. The van der Waals surface area contributed by atoms with Gasteiger partial charge in [0.05, 0.1) is 12.3 Å². The SMILES string of the molecule is CN(C)C(=O)CN(C)S(=O)(=O)CC1CCCCC1. The quantitative estimate of drug-likeness (QED) is 0.750. The minimum Gasteiger partial charge on any atom is -0.348 e. The molecular formula is C12H24N2O3S. The number of nitrogens with zero attached hydrogens (tertiary/aromatic N) is 2. The van der Waals surface area contributed by atoms with Crippen molar-refractivity contribution in [2.24, 2.45) is 5.92 Å². The molecule has 0 N–H and O–H groups in total. The second kappa shape index (κ2) is 6.52. The summed E-state index contributed by atoms with van der Waals surface area (Å²) in [5, 5.41) is 0. The monoisotopic (exact) mass is 276 g/mol. The molecule has 0 spiro atoms. The number of hydrogen-bond acceptors (Lipinski definition) is 3. The summed E-state index contributed by atoms with van der Waals surface area (Å²) in [6.45, 7) is -0.0674. The van der Waals surface area contributed by atoms with E-state index in [1.54, 1.807) is 14.1 Å². The Morgan fingerprint density at radius 2 is 1.67 bits per heavy atom. The van der Waals surface area contributed by atoms with Crippen LogP contribution in [0.25, 0.3) is 0 Å². The molecule has 1 amide bonds. The van der Waals surface area contributed by atoms with E-state index < -0.39 is 10.0 Å². The second-order valence-electron chi connectivity index (χ2n) is 5.33. The highest BCUT2D eigenvalue weighted by Crippen LogP contribution is 2.25. The highest BCUT2D eigenvalue weighted by atomic mass is 32.2. The van der Waals surface area contributed by atoms with Crippen LogP contribution in [0.3, 0.4) is 0 Å².